The van der Waals surface area contributed by atoms with Crippen LogP contribution in [0.5, 0.6) is 0 Å². The maximum atomic E-state index is 11.9. The lowest BCUT2D eigenvalue weighted by atomic mass is 9.93. The molecule has 0 aliphatic carbocycles. The van der Waals surface area contributed by atoms with E-state index >= 15 is 0 Å². The van der Waals surface area contributed by atoms with E-state index in [9.17, 15) is 4.79 Å². The summed E-state index contributed by atoms with van der Waals surface area (Å²) >= 11 is 0. The van der Waals surface area contributed by atoms with Gasteiger partial charge in [-0.05, 0) is 63.2 Å². The van der Waals surface area contributed by atoms with Crippen LogP contribution in [0, 0.1) is 13.8 Å². The number of amides is 1. The van der Waals surface area contributed by atoms with Gasteiger partial charge in [-0.25, -0.2) is 0 Å². The Kier molecular flexibility index (Phi) is 6.15. The lowest BCUT2D eigenvalue weighted by Crippen LogP contribution is -2.41. The molecule has 0 fully saturated rings. The van der Waals surface area contributed by atoms with Gasteiger partial charge in [0.05, 0.1) is 6.54 Å². The number of carbonyl (C=O) groups excluding carboxylic acids is 1. The van der Waals surface area contributed by atoms with Crippen LogP contribution in [-0.2, 0) is 6.42 Å². The van der Waals surface area contributed by atoms with E-state index < -0.39 is 0 Å². The maximum absolute atomic E-state index is 11.9. The second kappa shape index (κ2) is 8.11. The monoisotopic (exact) mass is 328 g/mol. The summed E-state index contributed by atoms with van der Waals surface area (Å²) in [5, 5.41) is 2.69. The van der Waals surface area contributed by atoms with Gasteiger partial charge in [-0.3, -0.25) is 9.79 Å². The topological polar surface area (TPSA) is 47.9 Å². The van der Waals surface area contributed by atoms with Gasteiger partial charge < -0.3 is 15.1 Å². The molecule has 130 valence electrons. The van der Waals surface area contributed by atoms with Crippen LogP contribution >= 0.6 is 0 Å². The SMILES string of the molecule is CNC(=O)c1cc(C)c(C[C@@H](CN2C=CN=CC2)N(C)C)c(C)c1. The molecule has 2 rings (SSSR count). The number of hydrogen-bond donors (Lipinski definition) is 1. The first-order chi connectivity index (χ1) is 11.4. The van der Waals surface area contributed by atoms with Gasteiger partial charge in [-0.1, -0.05) is 0 Å². The highest BCUT2D eigenvalue weighted by molar-refractivity contribution is 5.94. The second-order valence-corrected chi connectivity index (χ2v) is 6.57. The standard InChI is InChI=1S/C19H28N4O/c1-14-10-16(19(24)20-3)11-15(2)18(14)12-17(22(4)5)13-23-8-6-21-7-9-23/h6-8,10-11,17H,9,12-13H2,1-5H3,(H,20,24)/t17-/m0/s1. The zero-order chi connectivity index (χ0) is 17.7. The lowest BCUT2D eigenvalue weighted by molar-refractivity contribution is 0.0963. The molecule has 1 atom stereocenters. The Labute approximate surface area is 145 Å². The Morgan fingerprint density at radius 1 is 1.33 bits per heavy atom. The van der Waals surface area contributed by atoms with E-state index in [4.69, 9.17) is 0 Å². The summed E-state index contributed by atoms with van der Waals surface area (Å²) in [5.74, 6) is -0.0327. The van der Waals surface area contributed by atoms with Crippen molar-refractivity contribution in [1.82, 2.24) is 15.1 Å². The summed E-state index contributed by atoms with van der Waals surface area (Å²) in [4.78, 5) is 20.6. The fourth-order valence-electron chi connectivity index (χ4n) is 3.05. The molecule has 0 saturated carbocycles. The molecule has 1 aromatic carbocycles. The van der Waals surface area contributed by atoms with Crippen molar-refractivity contribution in [2.75, 3.05) is 34.2 Å². The van der Waals surface area contributed by atoms with E-state index in [0.717, 1.165) is 25.1 Å². The number of likely N-dealkylation sites (N-methyl/N-ethyl adjacent to an activating group) is 1. The van der Waals surface area contributed by atoms with Crippen LogP contribution in [0.1, 0.15) is 27.0 Å². The third kappa shape index (κ3) is 4.45. The molecule has 0 unspecified atom stereocenters. The predicted octanol–water partition coefficient (Wildman–Crippen LogP) is 1.99. The van der Waals surface area contributed by atoms with Crippen molar-refractivity contribution in [1.29, 1.82) is 0 Å². The second-order valence-electron chi connectivity index (χ2n) is 6.57. The Morgan fingerprint density at radius 3 is 2.50 bits per heavy atom. The number of rotatable bonds is 6. The molecule has 5 nitrogen and oxygen atoms in total. The molecule has 0 saturated heterocycles. The molecular weight excluding hydrogens is 300 g/mol. The third-order valence-electron chi connectivity index (χ3n) is 4.59. The van der Waals surface area contributed by atoms with Crippen molar-refractivity contribution in [2.45, 2.75) is 26.3 Å². The van der Waals surface area contributed by atoms with Crippen LogP contribution in [0.2, 0.25) is 0 Å². The maximum Gasteiger partial charge on any atom is 0.251 e. The molecule has 1 aromatic rings. The highest BCUT2D eigenvalue weighted by Gasteiger charge is 2.19. The Balaban J connectivity index is 2.18. The molecule has 0 aromatic heterocycles. The highest BCUT2D eigenvalue weighted by atomic mass is 16.1. The molecule has 1 aliphatic heterocycles. The summed E-state index contributed by atoms with van der Waals surface area (Å²) in [6, 6.07) is 4.37. The van der Waals surface area contributed by atoms with E-state index in [-0.39, 0.29) is 5.91 Å². The van der Waals surface area contributed by atoms with E-state index in [1.54, 1.807) is 7.05 Å². The minimum Gasteiger partial charge on any atom is -0.369 e. The average molecular weight is 328 g/mol. The van der Waals surface area contributed by atoms with Crippen LogP contribution in [0.4, 0.5) is 0 Å². The number of hydrogen-bond acceptors (Lipinski definition) is 4. The first-order valence-electron chi connectivity index (χ1n) is 8.33. The minimum absolute atomic E-state index is 0.0327. The first kappa shape index (κ1) is 18.2. The first-order valence-corrected chi connectivity index (χ1v) is 8.33. The summed E-state index contributed by atoms with van der Waals surface area (Å²) in [5.41, 5.74) is 4.41. The van der Waals surface area contributed by atoms with Gasteiger partial charge in [-0.2, -0.15) is 0 Å². The van der Waals surface area contributed by atoms with E-state index in [1.165, 1.54) is 16.7 Å². The zero-order valence-corrected chi connectivity index (χ0v) is 15.3. The normalized spacial score (nSPS) is 15.0. The Hall–Kier alpha value is -2.14. The van der Waals surface area contributed by atoms with Crippen molar-refractivity contribution in [3.8, 4) is 0 Å². The number of benzene rings is 1. The number of aryl methyl sites for hydroxylation is 2. The van der Waals surface area contributed by atoms with Crippen molar-refractivity contribution < 1.29 is 4.79 Å². The number of carbonyl (C=O) groups is 1. The van der Waals surface area contributed by atoms with Crippen LogP contribution in [0.15, 0.2) is 29.5 Å². The lowest BCUT2D eigenvalue weighted by Gasteiger charge is -2.31. The van der Waals surface area contributed by atoms with Gasteiger partial charge >= 0.3 is 0 Å². The van der Waals surface area contributed by atoms with Crippen molar-refractivity contribution >= 4 is 12.1 Å². The molecule has 1 N–H and O–H groups in total. The fraction of sp³-hybridized carbons (Fsp3) is 0.474. The minimum atomic E-state index is -0.0327. The zero-order valence-electron chi connectivity index (χ0n) is 15.3. The molecule has 24 heavy (non-hydrogen) atoms. The molecule has 0 radical (unpaired) electrons. The summed E-state index contributed by atoms with van der Waals surface area (Å²) in [7, 11) is 5.91. The van der Waals surface area contributed by atoms with Gasteiger partial charge in [0.25, 0.3) is 5.91 Å². The highest BCUT2D eigenvalue weighted by Crippen LogP contribution is 2.20. The summed E-state index contributed by atoms with van der Waals surface area (Å²) in [6.45, 7) is 5.99. The summed E-state index contributed by atoms with van der Waals surface area (Å²) < 4.78 is 0. The fourth-order valence-corrected chi connectivity index (χ4v) is 3.05. The van der Waals surface area contributed by atoms with Crippen LogP contribution in [-0.4, -0.2) is 62.2 Å². The molecule has 0 spiro atoms. The third-order valence-corrected chi connectivity index (χ3v) is 4.59. The van der Waals surface area contributed by atoms with Gasteiger partial charge in [0.15, 0.2) is 0 Å². The molecule has 0 bridgehead atoms. The number of nitrogens with zero attached hydrogens (tertiary/aromatic N) is 3. The van der Waals surface area contributed by atoms with Gasteiger partial charge in [-0.15, -0.1) is 0 Å². The van der Waals surface area contributed by atoms with Gasteiger partial charge in [0.1, 0.15) is 0 Å². The van der Waals surface area contributed by atoms with Gasteiger partial charge in [0, 0.05) is 43.8 Å². The average Bonchev–Trinajstić information content (AvgIpc) is 2.56. The molecule has 1 heterocycles. The van der Waals surface area contributed by atoms with Crippen molar-refractivity contribution in [3.63, 3.8) is 0 Å². The summed E-state index contributed by atoms with van der Waals surface area (Å²) in [6.07, 6.45) is 6.78. The quantitative estimate of drug-likeness (QED) is 0.869. The molecular formula is C19H28N4O. The van der Waals surface area contributed by atoms with Crippen LogP contribution in [0.3, 0.4) is 0 Å². The largest absolute Gasteiger partial charge is 0.369 e. The Morgan fingerprint density at radius 2 is 2.00 bits per heavy atom. The van der Waals surface area contributed by atoms with Crippen molar-refractivity contribution in [2.24, 2.45) is 4.99 Å². The molecule has 1 aliphatic rings. The molecule has 5 heteroatoms. The van der Waals surface area contributed by atoms with Crippen LogP contribution in [0.25, 0.3) is 0 Å². The molecule has 1 amide bonds. The smallest absolute Gasteiger partial charge is 0.251 e. The Bertz CT molecular complexity index is 626. The number of aliphatic imine (C=N–C) groups is 1. The predicted molar refractivity (Wildman–Crippen MR) is 99.7 cm³/mol. The van der Waals surface area contributed by atoms with Crippen molar-refractivity contribution in [3.05, 3.63) is 46.8 Å². The number of nitrogens with one attached hydrogen (secondary N) is 1. The van der Waals surface area contributed by atoms with E-state index in [0.29, 0.717) is 6.04 Å². The van der Waals surface area contributed by atoms with Gasteiger partial charge in [0.2, 0.25) is 0 Å². The van der Waals surface area contributed by atoms with Crippen LogP contribution < -0.4 is 5.32 Å². The van der Waals surface area contributed by atoms with E-state index in [2.05, 4.69) is 48.1 Å². The van der Waals surface area contributed by atoms with E-state index in [1.807, 2.05) is 30.7 Å².